The van der Waals surface area contributed by atoms with Gasteiger partial charge in [0.15, 0.2) is 6.10 Å². The van der Waals surface area contributed by atoms with Crippen LogP contribution in [0.3, 0.4) is 0 Å². The van der Waals surface area contributed by atoms with E-state index in [9.17, 15) is 19.0 Å². The lowest BCUT2D eigenvalue weighted by atomic mass is 10.1. The van der Waals surface area contributed by atoms with Crippen molar-refractivity contribution in [3.05, 3.63) is 85.1 Å². The number of carbonyl (C=O) groups is 2. The van der Waals surface area contributed by atoms with Crippen LogP contribution in [0.4, 0.5) is 0 Å². The second-order valence-electron chi connectivity index (χ2n) is 14.9. The highest BCUT2D eigenvalue weighted by molar-refractivity contribution is 7.47. The fourth-order valence-electron chi connectivity index (χ4n) is 5.82. The van der Waals surface area contributed by atoms with Crippen LogP contribution in [-0.4, -0.2) is 49.3 Å². The van der Waals surface area contributed by atoms with Crippen LogP contribution in [0.1, 0.15) is 181 Å². The van der Waals surface area contributed by atoms with E-state index in [1.165, 1.54) is 89.9 Å². The maximum absolute atomic E-state index is 12.6. The minimum Gasteiger partial charge on any atom is -0.462 e. The van der Waals surface area contributed by atoms with Crippen LogP contribution in [-0.2, 0) is 32.7 Å². The summed E-state index contributed by atoms with van der Waals surface area (Å²) in [5.41, 5.74) is 5.34. The second-order valence-corrected chi connectivity index (χ2v) is 16.4. The van der Waals surface area contributed by atoms with Crippen LogP contribution in [0, 0.1) is 0 Å². The molecule has 0 spiro atoms. The monoisotopic (exact) mass is 846 g/mol. The van der Waals surface area contributed by atoms with E-state index in [1.807, 2.05) is 12.2 Å². The molecule has 0 aromatic heterocycles. The van der Waals surface area contributed by atoms with E-state index in [4.69, 9.17) is 24.3 Å². The summed E-state index contributed by atoms with van der Waals surface area (Å²) >= 11 is 0. The van der Waals surface area contributed by atoms with Gasteiger partial charge in [0, 0.05) is 19.4 Å². The predicted molar refractivity (Wildman–Crippen MR) is 247 cm³/mol. The number of nitrogens with two attached hydrogens (primary N) is 1. The van der Waals surface area contributed by atoms with Gasteiger partial charge < -0.3 is 20.1 Å². The molecule has 0 radical (unpaired) electrons. The van der Waals surface area contributed by atoms with E-state index in [1.54, 1.807) is 0 Å². The fraction of sp³-hybridized carbons (Fsp3) is 0.673. The summed E-state index contributed by atoms with van der Waals surface area (Å²) in [6.45, 7) is 3.59. The Morgan fingerprint density at radius 2 is 0.881 bits per heavy atom. The normalized spacial score (nSPS) is 14.0. The second kappa shape index (κ2) is 44.7. The molecule has 0 bridgehead atoms. The third-order valence-corrected chi connectivity index (χ3v) is 10.2. The zero-order valence-electron chi connectivity index (χ0n) is 37.2. The summed E-state index contributed by atoms with van der Waals surface area (Å²) in [4.78, 5) is 34.9. The Balaban J connectivity index is 4.31. The molecule has 0 saturated heterocycles. The molecule has 0 heterocycles. The molecular formula is C49H84NO8P. The highest BCUT2D eigenvalue weighted by Gasteiger charge is 2.25. The summed E-state index contributed by atoms with van der Waals surface area (Å²) in [6, 6.07) is 0. The van der Waals surface area contributed by atoms with E-state index in [0.717, 1.165) is 44.9 Å². The molecule has 2 atom stereocenters. The van der Waals surface area contributed by atoms with Crippen LogP contribution in [0.2, 0.25) is 0 Å². The lowest BCUT2D eigenvalue weighted by molar-refractivity contribution is -0.161. The molecule has 0 aliphatic carbocycles. The van der Waals surface area contributed by atoms with Gasteiger partial charge in [0.05, 0.1) is 13.2 Å². The van der Waals surface area contributed by atoms with Gasteiger partial charge >= 0.3 is 19.8 Å². The molecule has 0 aliphatic heterocycles. The Morgan fingerprint density at radius 3 is 1.31 bits per heavy atom. The number of ether oxygens (including phenoxy) is 2. The summed E-state index contributed by atoms with van der Waals surface area (Å²) in [5, 5.41) is 0. The largest absolute Gasteiger partial charge is 0.472 e. The molecule has 0 fully saturated rings. The Bertz CT molecular complexity index is 1240. The number of carbonyl (C=O) groups excluding carboxylic acids is 2. The van der Waals surface area contributed by atoms with E-state index >= 15 is 0 Å². The fourth-order valence-corrected chi connectivity index (χ4v) is 6.58. The van der Waals surface area contributed by atoms with Gasteiger partial charge in [-0.1, -0.05) is 170 Å². The average molecular weight is 846 g/mol. The van der Waals surface area contributed by atoms with Crippen molar-refractivity contribution in [3.8, 4) is 0 Å². The molecule has 9 nitrogen and oxygen atoms in total. The molecule has 0 saturated carbocycles. The Morgan fingerprint density at radius 1 is 0.508 bits per heavy atom. The predicted octanol–water partition coefficient (Wildman–Crippen LogP) is 13.6. The van der Waals surface area contributed by atoms with Gasteiger partial charge in [-0.25, -0.2) is 4.57 Å². The molecule has 338 valence electrons. The number of phosphoric acid groups is 1. The number of rotatable bonds is 42. The van der Waals surface area contributed by atoms with Crippen LogP contribution in [0.5, 0.6) is 0 Å². The van der Waals surface area contributed by atoms with Crippen molar-refractivity contribution in [1.82, 2.24) is 0 Å². The van der Waals surface area contributed by atoms with Gasteiger partial charge in [0.25, 0.3) is 0 Å². The van der Waals surface area contributed by atoms with Crippen molar-refractivity contribution in [3.63, 3.8) is 0 Å². The van der Waals surface area contributed by atoms with Crippen molar-refractivity contribution in [2.24, 2.45) is 5.73 Å². The molecule has 1 unspecified atom stereocenters. The first-order valence-corrected chi connectivity index (χ1v) is 24.6. The van der Waals surface area contributed by atoms with Crippen molar-refractivity contribution in [2.75, 3.05) is 26.4 Å². The Labute approximate surface area is 360 Å². The number of hydrogen-bond donors (Lipinski definition) is 2. The maximum atomic E-state index is 12.6. The van der Waals surface area contributed by atoms with Crippen LogP contribution in [0.25, 0.3) is 0 Å². The van der Waals surface area contributed by atoms with Crippen molar-refractivity contribution >= 4 is 19.8 Å². The first-order valence-electron chi connectivity index (χ1n) is 23.1. The van der Waals surface area contributed by atoms with E-state index in [2.05, 4.69) is 86.8 Å². The lowest BCUT2D eigenvalue weighted by Gasteiger charge is -2.19. The van der Waals surface area contributed by atoms with Gasteiger partial charge in [-0.2, -0.15) is 0 Å². The molecule has 0 aromatic carbocycles. The SMILES string of the molecule is CCCCCCCC/C=C/C/C=C/C/C=C/CCCC(=O)O[C@H](COC(=O)CCC/C=C/C/C=C/C/C=C/C/C=C/CCCCCCCCC)COP(=O)(O)OCCN. The zero-order valence-corrected chi connectivity index (χ0v) is 38.1. The molecule has 0 amide bonds. The summed E-state index contributed by atoms with van der Waals surface area (Å²) < 4.78 is 32.7. The summed E-state index contributed by atoms with van der Waals surface area (Å²) in [5.74, 6) is -0.961. The number of allylic oxidation sites excluding steroid dienone is 14. The molecule has 10 heteroatoms. The molecule has 3 N–H and O–H groups in total. The lowest BCUT2D eigenvalue weighted by Crippen LogP contribution is -2.29. The molecule has 0 rings (SSSR count). The van der Waals surface area contributed by atoms with E-state index in [0.29, 0.717) is 19.3 Å². The number of esters is 2. The number of phosphoric ester groups is 1. The Hall–Kier alpha value is -2.81. The highest BCUT2D eigenvalue weighted by atomic mass is 31.2. The van der Waals surface area contributed by atoms with Crippen LogP contribution >= 0.6 is 7.82 Å². The third-order valence-electron chi connectivity index (χ3n) is 9.25. The first-order chi connectivity index (χ1) is 28.8. The average Bonchev–Trinajstić information content (AvgIpc) is 3.22. The smallest absolute Gasteiger partial charge is 0.462 e. The summed E-state index contributed by atoms with van der Waals surface area (Å²) in [7, 11) is -4.41. The quantitative estimate of drug-likeness (QED) is 0.0266. The van der Waals surface area contributed by atoms with Crippen molar-refractivity contribution < 1.29 is 37.6 Å². The van der Waals surface area contributed by atoms with Crippen LogP contribution < -0.4 is 5.73 Å². The highest BCUT2D eigenvalue weighted by Crippen LogP contribution is 2.43. The van der Waals surface area contributed by atoms with Crippen molar-refractivity contribution in [1.29, 1.82) is 0 Å². The van der Waals surface area contributed by atoms with Gasteiger partial charge in [-0.15, -0.1) is 0 Å². The standard InChI is InChI=1S/C49H84NO8P/c1-3-5-7-9-11-13-15-17-19-21-22-23-24-26-27-29-31-33-35-37-39-41-48(51)55-45-47(46-57-59(53,54)56-44-43-50)58-49(52)42-40-38-36-34-32-30-28-25-20-18-16-14-12-10-8-6-4-2/h18-21,23-24,27-30,33-36,47H,3-17,22,25-26,31-32,37-46,50H2,1-2H3,(H,53,54)/b20-18+,21-19+,24-23+,29-27+,30-28+,35-33+,36-34+/t47-/m1/s1. The minimum absolute atomic E-state index is 0.0343. The molecular weight excluding hydrogens is 762 g/mol. The topological polar surface area (TPSA) is 134 Å². The minimum atomic E-state index is -4.41. The first kappa shape index (κ1) is 56.2. The van der Waals surface area contributed by atoms with Gasteiger partial charge in [0.1, 0.15) is 6.61 Å². The molecule has 59 heavy (non-hydrogen) atoms. The van der Waals surface area contributed by atoms with Gasteiger partial charge in [-0.05, 0) is 83.5 Å². The summed E-state index contributed by atoms with van der Waals surface area (Å²) in [6.07, 6.45) is 56.4. The van der Waals surface area contributed by atoms with Gasteiger partial charge in [0.2, 0.25) is 0 Å². The van der Waals surface area contributed by atoms with Crippen molar-refractivity contribution in [2.45, 2.75) is 187 Å². The van der Waals surface area contributed by atoms with Crippen LogP contribution in [0.15, 0.2) is 85.1 Å². The molecule has 0 aromatic rings. The third kappa shape index (κ3) is 44.6. The maximum Gasteiger partial charge on any atom is 0.472 e. The van der Waals surface area contributed by atoms with E-state index in [-0.39, 0.29) is 32.6 Å². The number of hydrogen-bond acceptors (Lipinski definition) is 8. The van der Waals surface area contributed by atoms with E-state index < -0.39 is 32.5 Å². The Kier molecular flexibility index (Phi) is 42.6. The van der Waals surface area contributed by atoms with Gasteiger partial charge in [-0.3, -0.25) is 18.6 Å². The molecule has 0 aliphatic rings. The number of unbranched alkanes of at least 4 members (excludes halogenated alkanes) is 15. The zero-order chi connectivity index (χ0) is 43.2.